The zero-order valence-electron chi connectivity index (χ0n) is 16.7. The molecular weight excluding hydrogens is 400 g/mol. The van der Waals surface area contributed by atoms with Crippen LogP contribution in [0.25, 0.3) is 5.69 Å². The fourth-order valence-corrected chi connectivity index (χ4v) is 5.24. The predicted octanol–water partition coefficient (Wildman–Crippen LogP) is 3.55. The molecule has 156 valence electrons. The third-order valence-electron chi connectivity index (χ3n) is 5.25. The lowest BCUT2D eigenvalue weighted by Gasteiger charge is -2.30. The van der Waals surface area contributed by atoms with Gasteiger partial charge in [0.15, 0.2) is 0 Å². The third-order valence-corrected chi connectivity index (χ3v) is 7.13. The molecule has 0 spiro atoms. The Kier molecular flexibility index (Phi) is 5.69. The number of nitrogens with one attached hydrogen (secondary N) is 1. The van der Waals surface area contributed by atoms with Crippen molar-refractivity contribution in [1.29, 1.82) is 0 Å². The Morgan fingerprint density at radius 2 is 1.93 bits per heavy atom. The fourth-order valence-electron chi connectivity index (χ4n) is 3.64. The maximum Gasteiger partial charge on any atom is 0.255 e. The highest BCUT2D eigenvalue weighted by Gasteiger charge is 2.28. The number of amides is 1. The Hall–Kier alpha value is -2.97. The van der Waals surface area contributed by atoms with Gasteiger partial charge in [-0.05, 0) is 67.3 Å². The maximum atomic E-state index is 12.9. The minimum absolute atomic E-state index is 0.246. The summed E-state index contributed by atoms with van der Waals surface area (Å²) in [5, 5.41) is 6.99. The van der Waals surface area contributed by atoms with Crippen LogP contribution in [0.2, 0.25) is 0 Å². The highest BCUT2D eigenvalue weighted by atomic mass is 32.2. The molecule has 1 amide bonds. The molecule has 0 saturated carbocycles. The van der Waals surface area contributed by atoms with Crippen molar-refractivity contribution < 1.29 is 13.2 Å². The van der Waals surface area contributed by atoms with Crippen LogP contribution in [0.5, 0.6) is 0 Å². The van der Waals surface area contributed by atoms with Gasteiger partial charge in [0.1, 0.15) is 0 Å². The molecule has 1 aliphatic rings. The average Bonchev–Trinajstić information content (AvgIpc) is 3.29. The number of piperidine rings is 1. The highest BCUT2D eigenvalue weighted by Crippen LogP contribution is 2.24. The molecule has 7 nitrogen and oxygen atoms in total. The van der Waals surface area contributed by atoms with E-state index in [1.54, 1.807) is 63.8 Å². The van der Waals surface area contributed by atoms with Crippen LogP contribution in [0.1, 0.15) is 30.1 Å². The van der Waals surface area contributed by atoms with E-state index in [0.29, 0.717) is 30.3 Å². The Bertz CT molecular complexity index is 1130. The van der Waals surface area contributed by atoms with Gasteiger partial charge in [-0.2, -0.15) is 9.40 Å². The molecule has 30 heavy (non-hydrogen) atoms. The minimum atomic E-state index is -3.51. The number of anilines is 1. The van der Waals surface area contributed by atoms with E-state index in [2.05, 4.69) is 17.3 Å². The zero-order valence-corrected chi connectivity index (χ0v) is 17.5. The van der Waals surface area contributed by atoms with Crippen molar-refractivity contribution in [2.45, 2.75) is 24.7 Å². The van der Waals surface area contributed by atoms with E-state index in [0.717, 1.165) is 18.5 Å². The average molecular weight is 425 g/mol. The SMILES string of the molecule is CC1CCCN(S(=O)(=O)c2ccc(NC(=O)c3cccc(-n4cccn4)c3)cc2)C1. The summed E-state index contributed by atoms with van der Waals surface area (Å²) in [5.41, 5.74) is 1.81. The molecule has 1 aromatic heterocycles. The lowest BCUT2D eigenvalue weighted by atomic mass is 10.0. The van der Waals surface area contributed by atoms with E-state index in [1.807, 2.05) is 12.1 Å². The fraction of sp³-hybridized carbons (Fsp3) is 0.273. The van der Waals surface area contributed by atoms with Gasteiger partial charge in [-0.15, -0.1) is 0 Å². The molecule has 1 N–H and O–H groups in total. The third kappa shape index (κ3) is 4.29. The molecule has 1 fully saturated rings. The normalized spacial score (nSPS) is 17.6. The van der Waals surface area contributed by atoms with Crippen LogP contribution in [-0.2, 0) is 10.0 Å². The number of hydrogen-bond donors (Lipinski definition) is 1. The van der Waals surface area contributed by atoms with E-state index in [4.69, 9.17) is 0 Å². The van der Waals surface area contributed by atoms with E-state index in [-0.39, 0.29) is 10.8 Å². The molecule has 4 rings (SSSR count). The number of carbonyl (C=O) groups is 1. The lowest BCUT2D eigenvalue weighted by Crippen LogP contribution is -2.39. The van der Waals surface area contributed by atoms with Crippen LogP contribution in [0, 0.1) is 5.92 Å². The molecule has 2 heterocycles. The number of nitrogens with zero attached hydrogens (tertiary/aromatic N) is 3. The first-order valence-electron chi connectivity index (χ1n) is 9.95. The summed E-state index contributed by atoms with van der Waals surface area (Å²) in [5.74, 6) is 0.0917. The molecule has 1 unspecified atom stereocenters. The van der Waals surface area contributed by atoms with Crippen LogP contribution in [0.3, 0.4) is 0 Å². The van der Waals surface area contributed by atoms with Crippen LogP contribution < -0.4 is 5.32 Å². The summed E-state index contributed by atoms with van der Waals surface area (Å²) < 4.78 is 29.0. The standard InChI is InChI=1S/C22H24N4O3S/c1-17-5-3-13-25(16-17)30(28,29)21-10-8-19(9-11-21)24-22(27)18-6-2-7-20(15-18)26-14-4-12-23-26/h2,4,6-12,14-15,17H,3,5,13,16H2,1H3,(H,24,27). The Morgan fingerprint density at radius 3 is 2.63 bits per heavy atom. The van der Waals surface area contributed by atoms with Crippen LogP contribution in [0.15, 0.2) is 71.9 Å². The molecule has 0 bridgehead atoms. The molecule has 3 aromatic rings. The van der Waals surface area contributed by atoms with Gasteiger partial charge in [0, 0.05) is 36.7 Å². The minimum Gasteiger partial charge on any atom is -0.322 e. The Balaban J connectivity index is 1.47. The summed E-state index contributed by atoms with van der Waals surface area (Å²) >= 11 is 0. The molecule has 1 aliphatic heterocycles. The van der Waals surface area contributed by atoms with Crippen molar-refractivity contribution in [3.63, 3.8) is 0 Å². The first kappa shape index (κ1) is 20.3. The summed E-state index contributed by atoms with van der Waals surface area (Å²) in [6, 6.07) is 15.3. The van der Waals surface area contributed by atoms with Gasteiger partial charge in [0.2, 0.25) is 10.0 Å². The largest absolute Gasteiger partial charge is 0.322 e. The van der Waals surface area contributed by atoms with Crippen molar-refractivity contribution in [2.75, 3.05) is 18.4 Å². The number of hydrogen-bond acceptors (Lipinski definition) is 4. The van der Waals surface area contributed by atoms with Crippen molar-refractivity contribution in [3.8, 4) is 5.69 Å². The topological polar surface area (TPSA) is 84.3 Å². The summed E-state index contributed by atoms with van der Waals surface area (Å²) in [6.45, 7) is 3.17. The molecule has 0 radical (unpaired) electrons. The Labute approximate surface area is 176 Å². The number of benzene rings is 2. The van der Waals surface area contributed by atoms with Crippen molar-refractivity contribution in [3.05, 3.63) is 72.6 Å². The second-order valence-electron chi connectivity index (χ2n) is 7.59. The van der Waals surface area contributed by atoms with E-state index in [1.165, 1.54) is 0 Å². The summed E-state index contributed by atoms with van der Waals surface area (Å²) in [6.07, 6.45) is 5.41. The van der Waals surface area contributed by atoms with E-state index < -0.39 is 10.0 Å². The Morgan fingerprint density at radius 1 is 1.13 bits per heavy atom. The highest BCUT2D eigenvalue weighted by molar-refractivity contribution is 7.89. The molecule has 8 heteroatoms. The molecule has 0 aliphatic carbocycles. The van der Waals surface area contributed by atoms with Crippen LogP contribution >= 0.6 is 0 Å². The molecular formula is C22H24N4O3S. The quantitative estimate of drug-likeness (QED) is 0.679. The number of sulfonamides is 1. The molecule has 2 aromatic carbocycles. The van der Waals surface area contributed by atoms with Gasteiger partial charge in [0.25, 0.3) is 5.91 Å². The van der Waals surface area contributed by atoms with Gasteiger partial charge in [-0.1, -0.05) is 13.0 Å². The van der Waals surface area contributed by atoms with E-state index >= 15 is 0 Å². The van der Waals surface area contributed by atoms with Gasteiger partial charge in [0.05, 0.1) is 10.6 Å². The smallest absolute Gasteiger partial charge is 0.255 e. The lowest BCUT2D eigenvalue weighted by molar-refractivity contribution is 0.102. The number of carbonyl (C=O) groups excluding carboxylic acids is 1. The number of aromatic nitrogens is 2. The zero-order chi connectivity index (χ0) is 21.1. The van der Waals surface area contributed by atoms with Gasteiger partial charge in [-0.3, -0.25) is 4.79 Å². The van der Waals surface area contributed by atoms with Crippen LogP contribution in [-0.4, -0.2) is 41.5 Å². The van der Waals surface area contributed by atoms with Crippen molar-refractivity contribution in [1.82, 2.24) is 14.1 Å². The molecule has 1 atom stereocenters. The van der Waals surface area contributed by atoms with Crippen molar-refractivity contribution >= 4 is 21.6 Å². The second-order valence-corrected chi connectivity index (χ2v) is 9.53. The summed E-state index contributed by atoms with van der Waals surface area (Å²) in [7, 11) is -3.51. The first-order chi connectivity index (χ1) is 14.4. The maximum absolute atomic E-state index is 12.9. The summed E-state index contributed by atoms with van der Waals surface area (Å²) in [4.78, 5) is 12.9. The number of rotatable bonds is 5. The second kappa shape index (κ2) is 8.41. The van der Waals surface area contributed by atoms with Gasteiger partial charge >= 0.3 is 0 Å². The van der Waals surface area contributed by atoms with Gasteiger partial charge in [-0.25, -0.2) is 13.1 Å². The van der Waals surface area contributed by atoms with Crippen molar-refractivity contribution in [2.24, 2.45) is 5.92 Å². The van der Waals surface area contributed by atoms with Crippen LogP contribution in [0.4, 0.5) is 5.69 Å². The van der Waals surface area contributed by atoms with Gasteiger partial charge < -0.3 is 5.32 Å². The monoisotopic (exact) mass is 424 g/mol. The van der Waals surface area contributed by atoms with E-state index in [9.17, 15) is 13.2 Å². The molecule has 1 saturated heterocycles. The predicted molar refractivity (Wildman–Crippen MR) is 115 cm³/mol. The first-order valence-corrected chi connectivity index (χ1v) is 11.4.